The summed E-state index contributed by atoms with van der Waals surface area (Å²) in [5.41, 5.74) is 7.00. The van der Waals surface area contributed by atoms with E-state index >= 15 is 0 Å². The van der Waals surface area contributed by atoms with Gasteiger partial charge < -0.3 is 5.73 Å². The van der Waals surface area contributed by atoms with Crippen molar-refractivity contribution in [3.63, 3.8) is 0 Å². The lowest BCUT2D eigenvalue weighted by atomic mass is 9.92. The number of hydrogen-bond acceptors (Lipinski definition) is 10. The van der Waals surface area contributed by atoms with E-state index in [1.807, 2.05) is 0 Å². The third-order valence-corrected chi connectivity index (χ3v) is 6.68. The molecule has 0 radical (unpaired) electrons. The van der Waals surface area contributed by atoms with E-state index in [-0.39, 0.29) is 11.1 Å². The van der Waals surface area contributed by atoms with Crippen LogP contribution in [0.25, 0.3) is 6.08 Å². The molecule has 0 bridgehead atoms. The summed E-state index contributed by atoms with van der Waals surface area (Å²) >= 11 is 0. The molecule has 0 unspecified atom stereocenters. The third-order valence-electron chi connectivity index (χ3n) is 4.94. The maximum Gasteiger partial charge on any atom is 0.296 e. The molecule has 0 amide bonds. The molecule has 5 N–H and O–H groups in total. The first-order chi connectivity index (χ1) is 17.0. The highest BCUT2D eigenvalue weighted by Gasteiger charge is 2.37. The molecule has 14 heteroatoms. The fourth-order valence-corrected chi connectivity index (χ4v) is 4.66. The van der Waals surface area contributed by atoms with Crippen LogP contribution in [0.15, 0.2) is 91.9 Å². The van der Waals surface area contributed by atoms with Crippen LogP contribution in [0, 0.1) is 0 Å². The van der Waals surface area contributed by atoms with Gasteiger partial charge in [0.25, 0.3) is 20.2 Å². The monoisotopic (exact) mass is 527 g/mol. The van der Waals surface area contributed by atoms with E-state index in [9.17, 15) is 30.7 Å². The third kappa shape index (κ3) is 5.06. The fourth-order valence-electron chi connectivity index (χ4n) is 3.33. The van der Waals surface area contributed by atoms with Crippen LogP contribution in [0.4, 0.5) is 22.7 Å². The van der Waals surface area contributed by atoms with E-state index in [4.69, 9.17) is 5.73 Å². The molecule has 12 nitrogen and oxygen atoms in total. The Morgan fingerprint density at radius 2 is 1.44 bits per heavy atom. The molecule has 0 spiro atoms. The van der Waals surface area contributed by atoms with Gasteiger partial charge in [-0.2, -0.15) is 27.1 Å². The van der Waals surface area contributed by atoms with Gasteiger partial charge in [-0.05, 0) is 42.0 Å². The van der Waals surface area contributed by atoms with Gasteiger partial charge in [0.2, 0.25) is 5.78 Å². The molecule has 0 fully saturated rings. The Morgan fingerprint density at radius 3 is 2.03 bits per heavy atom. The number of Topliss-reactive ketones (excluding diaryl/α,β-unsaturated/α-hetero) is 1. The number of para-hydroxylation sites is 1. The summed E-state index contributed by atoms with van der Waals surface area (Å²) in [6.45, 7) is 0. The summed E-state index contributed by atoms with van der Waals surface area (Å²) in [5, 5.41) is 11.6. The molecule has 3 aromatic carbocycles. The number of allylic oxidation sites excluding steroid dienone is 1. The first-order valence-electron chi connectivity index (χ1n) is 10.0. The molecule has 0 aromatic heterocycles. The molecule has 0 atom stereocenters. The van der Waals surface area contributed by atoms with E-state index in [1.165, 1.54) is 0 Å². The van der Waals surface area contributed by atoms with Gasteiger partial charge in [-0.3, -0.25) is 19.3 Å². The van der Waals surface area contributed by atoms with Crippen LogP contribution in [-0.2, 0) is 20.2 Å². The number of carbonyl (C=O) groups excluding carboxylic acids is 1. The van der Waals surface area contributed by atoms with Gasteiger partial charge in [0, 0.05) is 0 Å². The van der Waals surface area contributed by atoms with Crippen molar-refractivity contribution in [2.45, 2.75) is 4.90 Å². The second-order valence-electron chi connectivity index (χ2n) is 7.36. The van der Waals surface area contributed by atoms with Crippen molar-refractivity contribution < 1.29 is 30.7 Å². The van der Waals surface area contributed by atoms with Gasteiger partial charge >= 0.3 is 0 Å². The van der Waals surface area contributed by atoms with Gasteiger partial charge in [0.1, 0.15) is 15.5 Å². The molecule has 1 aliphatic rings. The maximum atomic E-state index is 13.4. The van der Waals surface area contributed by atoms with Crippen molar-refractivity contribution in [3.8, 4) is 0 Å². The molecular weight excluding hydrogens is 510 g/mol. The number of nitrogens with one attached hydrogen (secondary N) is 1. The summed E-state index contributed by atoms with van der Waals surface area (Å²) in [4.78, 5) is 11.6. The number of carbonyl (C=O) groups is 1. The quantitative estimate of drug-likeness (QED) is 0.159. The molecule has 4 rings (SSSR count). The van der Waals surface area contributed by atoms with E-state index in [2.05, 4.69) is 20.8 Å². The van der Waals surface area contributed by atoms with Gasteiger partial charge in [0.15, 0.2) is 5.71 Å². The number of nitrogen functional groups attached to an aromatic ring is 1. The van der Waals surface area contributed by atoms with Gasteiger partial charge in [-0.15, -0.1) is 5.11 Å². The largest absolute Gasteiger partial charge is 0.396 e. The van der Waals surface area contributed by atoms with Crippen molar-refractivity contribution in [1.82, 2.24) is 0 Å². The molecule has 36 heavy (non-hydrogen) atoms. The first-order valence-corrected chi connectivity index (χ1v) is 12.9. The molecule has 184 valence electrons. The summed E-state index contributed by atoms with van der Waals surface area (Å²) in [6.07, 6.45) is 0.820. The number of hydrazone groups is 1. The van der Waals surface area contributed by atoms with Crippen LogP contribution in [0.3, 0.4) is 0 Å². The zero-order chi connectivity index (χ0) is 26.1. The number of hydrogen-bond donors (Lipinski definition) is 4. The van der Waals surface area contributed by atoms with Gasteiger partial charge in [-0.25, -0.2) is 0 Å². The van der Waals surface area contributed by atoms with Crippen molar-refractivity contribution in [3.05, 3.63) is 82.8 Å². The van der Waals surface area contributed by atoms with Crippen LogP contribution in [0.5, 0.6) is 0 Å². The topological polar surface area (TPSA) is 201 Å². The lowest BCUT2D eigenvalue weighted by Crippen LogP contribution is -2.28. The van der Waals surface area contributed by atoms with E-state index in [0.29, 0.717) is 11.4 Å². The number of rotatable bonds is 6. The Morgan fingerprint density at radius 1 is 0.833 bits per heavy atom. The van der Waals surface area contributed by atoms with Crippen molar-refractivity contribution in [1.29, 1.82) is 0 Å². The number of fused-ring (bicyclic) bond motifs is 1. The minimum atomic E-state index is -5.00. The SMILES string of the molecule is Nc1c(/N=N/c2ccccc2)c(S(=O)(=O)O)cc2c1C(=O)/C(=N/Nc1ccccc1)C(S(=O)(=O)O)=C2. The number of nitrogens with two attached hydrogens (primary N) is 1. The lowest BCUT2D eigenvalue weighted by Gasteiger charge is -2.20. The first kappa shape index (κ1) is 24.9. The second-order valence-corrected chi connectivity index (χ2v) is 10.1. The molecule has 0 saturated carbocycles. The number of benzene rings is 3. The smallest absolute Gasteiger partial charge is 0.296 e. The van der Waals surface area contributed by atoms with E-state index in [1.54, 1.807) is 60.7 Å². The van der Waals surface area contributed by atoms with Crippen LogP contribution in [0.1, 0.15) is 15.9 Å². The summed E-state index contributed by atoms with van der Waals surface area (Å²) < 4.78 is 67.7. The Kier molecular flexibility index (Phi) is 6.51. The zero-order valence-electron chi connectivity index (χ0n) is 18.1. The van der Waals surface area contributed by atoms with Crippen molar-refractivity contribution >= 4 is 60.6 Å². The van der Waals surface area contributed by atoms with Gasteiger partial charge in [-0.1, -0.05) is 36.4 Å². The Labute approximate surface area is 205 Å². The number of nitrogens with zero attached hydrogens (tertiary/aromatic N) is 3. The summed E-state index contributed by atoms with van der Waals surface area (Å²) in [5.74, 6) is -1.04. The van der Waals surface area contributed by atoms with Gasteiger partial charge in [0.05, 0.1) is 22.6 Å². The molecular formula is C22H17N5O7S2. The van der Waals surface area contributed by atoms with Crippen LogP contribution in [-0.4, -0.2) is 37.4 Å². The highest BCUT2D eigenvalue weighted by Crippen LogP contribution is 2.40. The van der Waals surface area contributed by atoms with Crippen molar-refractivity contribution in [2.75, 3.05) is 11.2 Å². The normalized spacial score (nSPS) is 15.1. The lowest BCUT2D eigenvalue weighted by molar-refractivity contribution is 0.106. The molecule has 0 aliphatic heterocycles. The molecule has 1 aliphatic carbocycles. The number of azo groups is 1. The number of ketones is 1. The minimum absolute atomic E-state index is 0.296. The summed E-state index contributed by atoms with van der Waals surface area (Å²) in [7, 11) is -9.95. The average Bonchev–Trinajstić information content (AvgIpc) is 2.82. The second kappa shape index (κ2) is 9.43. The molecule has 0 heterocycles. The standard InChI is InChI=1S/C22H17N5O7S2/c23-19-18-13(11-16(35(29,30)31)20(19)26-24-14-7-3-1-4-8-14)12-17(36(32,33)34)21(22(18)28)27-25-15-9-5-2-6-10-15/h1-12,25H,23H2,(H,29,30,31)(H,32,33,34)/b26-24+,27-21+. The fraction of sp³-hybridized carbons (Fsp3) is 0. The Hall–Kier alpha value is -4.24. The minimum Gasteiger partial charge on any atom is -0.396 e. The number of anilines is 2. The van der Waals surface area contributed by atoms with E-state index < -0.39 is 52.9 Å². The average molecular weight is 528 g/mol. The molecule has 0 saturated heterocycles. The Bertz CT molecular complexity index is 1670. The molecule has 3 aromatic rings. The van der Waals surface area contributed by atoms with Crippen LogP contribution >= 0.6 is 0 Å². The maximum absolute atomic E-state index is 13.4. The predicted octanol–water partition coefficient (Wildman–Crippen LogP) is 3.82. The van der Waals surface area contributed by atoms with Crippen LogP contribution < -0.4 is 11.2 Å². The van der Waals surface area contributed by atoms with E-state index in [0.717, 1.165) is 12.1 Å². The predicted molar refractivity (Wildman–Crippen MR) is 133 cm³/mol. The zero-order valence-corrected chi connectivity index (χ0v) is 19.7. The van der Waals surface area contributed by atoms with Crippen molar-refractivity contribution in [2.24, 2.45) is 15.3 Å². The Balaban J connectivity index is 1.94. The highest BCUT2D eigenvalue weighted by atomic mass is 32.2. The highest BCUT2D eigenvalue weighted by molar-refractivity contribution is 7.91. The van der Waals surface area contributed by atoms with Crippen LogP contribution in [0.2, 0.25) is 0 Å². The summed E-state index contributed by atoms with van der Waals surface area (Å²) in [6, 6.07) is 17.2.